The Morgan fingerprint density at radius 1 is 1.48 bits per heavy atom. The first-order chi connectivity index (χ1) is 11.1. The van der Waals surface area contributed by atoms with E-state index in [2.05, 4.69) is 15.3 Å². The highest BCUT2D eigenvalue weighted by Gasteiger charge is 2.25. The Balaban J connectivity index is 1.42. The molecule has 0 bridgehead atoms. The molecule has 2 amide bonds. The molecule has 6 nitrogen and oxygen atoms in total. The Morgan fingerprint density at radius 3 is 3.04 bits per heavy atom. The van der Waals surface area contributed by atoms with E-state index in [1.165, 1.54) is 28.4 Å². The van der Waals surface area contributed by atoms with Gasteiger partial charge in [-0.15, -0.1) is 0 Å². The van der Waals surface area contributed by atoms with Gasteiger partial charge in [-0.05, 0) is 12.1 Å². The Hall–Kier alpha value is -1.58. The van der Waals surface area contributed by atoms with Gasteiger partial charge in [0.25, 0.3) is 0 Å². The van der Waals surface area contributed by atoms with Crippen LogP contribution in [0.3, 0.4) is 0 Å². The van der Waals surface area contributed by atoms with Gasteiger partial charge >= 0.3 is 0 Å². The molecule has 1 saturated heterocycles. The second-order valence-corrected chi connectivity index (χ2v) is 7.37. The van der Waals surface area contributed by atoms with Crippen molar-refractivity contribution in [2.24, 2.45) is 0 Å². The van der Waals surface area contributed by atoms with Crippen molar-refractivity contribution < 1.29 is 9.59 Å². The van der Waals surface area contributed by atoms with Crippen LogP contribution in [0.5, 0.6) is 0 Å². The maximum absolute atomic E-state index is 11.9. The van der Waals surface area contributed by atoms with E-state index in [9.17, 15) is 9.59 Å². The maximum Gasteiger partial charge on any atom is 0.238 e. The number of nitrogens with zero attached hydrogens (tertiary/aromatic N) is 2. The van der Waals surface area contributed by atoms with Gasteiger partial charge in [-0.2, -0.15) is 0 Å². The van der Waals surface area contributed by atoms with Crippen molar-refractivity contribution in [1.29, 1.82) is 0 Å². The minimum atomic E-state index is -0.0966. The molecule has 1 aromatic carbocycles. The number of fused-ring (bicyclic) bond motifs is 1. The maximum atomic E-state index is 11.9. The van der Waals surface area contributed by atoms with Crippen molar-refractivity contribution in [3.63, 3.8) is 0 Å². The van der Waals surface area contributed by atoms with Gasteiger partial charge in [-0.25, -0.2) is 4.98 Å². The third kappa shape index (κ3) is 4.04. The van der Waals surface area contributed by atoms with Crippen LogP contribution >= 0.6 is 35.7 Å². The number of aromatic amines is 1. The van der Waals surface area contributed by atoms with Crippen molar-refractivity contribution in [1.82, 2.24) is 20.2 Å². The summed E-state index contributed by atoms with van der Waals surface area (Å²) in [4.78, 5) is 32.5. The molecule has 2 aromatic rings. The van der Waals surface area contributed by atoms with Crippen molar-refractivity contribution in [2.45, 2.75) is 5.16 Å². The number of hydrogen-bond acceptors (Lipinski definition) is 6. The van der Waals surface area contributed by atoms with Gasteiger partial charge in [-0.1, -0.05) is 47.9 Å². The number of rotatable bonds is 6. The average molecular weight is 366 g/mol. The Morgan fingerprint density at radius 2 is 2.30 bits per heavy atom. The number of carbonyl (C=O) groups excluding carboxylic acids is 2. The number of carbonyl (C=O) groups is 2. The van der Waals surface area contributed by atoms with Crippen LogP contribution in [0.2, 0.25) is 0 Å². The van der Waals surface area contributed by atoms with Crippen molar-refractivity contribution >= 4 is 62.9 Å². The normalized spacial score (nSPS) is 14.7. The lowest BCUT2D eigenvalue weighted by Crippen LogP contribution is -2.37. The minimum absolute atomic E-state index is 0.00546. The van der Waals surface area contributed by atoms with Crippen LogP contribution in [0.4, 0.5) is 0 Å². The Labute approximate surface area is 146 Å². The zero-order valence-electron chi connectivity index (χ0n) is 12.1. The second-order valence-electron chi connectivity index (χ2n) is 4.80. The molecule has 1 fully saturated rings. The number of nitrogens with one attached hydrogen (secondary N) is 2. The van der Waals surface area contributed by atoms with E-state index in [0.717, 1.165) is 11.0 Å². The van der Waals surface area contributed by atoms with Gasteiger partial charge in [0, 0.05) is 13.1 Å². The molecule has 9 heteroatoms. The Kier molecular flexibility index (Phi) is 5.19. The largest absolute Gasteiger partial charge is 0.354 e. The highest BCUT2D eigenvalue weighted by Crippen LogP contribution is 2.19. The summed E-state index contributed by atoms with van der Waals surface area (Å²) in [6, 6.07) is 7.72. The summed E-state index contributed by atoms with van der Waals surface area (Å²) in [6.45, 7) is 0.817. The molecule has 1 aromatic heterocycles. The van der Waals surface area contributed by atoms with E-state index < -0.39 is 0 Å². The van der Waals surface area contributed by atoms with Gasteiger partial charge < -0.3 is 10.3 Å². The van der Waals surface area contributed by atoms with Crippen molar-refractivity contribution in [2.75, 3.05) is 24.6 Å². The smallest absolute Gasteiger partial charge is 0.238 e. The first-order valence-electron chi connectivity index (χ1n) is 6.95. The number of benzene rings is 1. The van der Waals surface area contributed by atoms with Crippen LogP contribution in [0.15, 0.2) is 29.4 Å². The van der Waals surface area contributed by atoms with E-state index in [-0.39, 0.29) is 17.6 Å². The highest BCUT2D eigenvalue weighted by molar-refractivity contribution is 8.23. The van der Waals surface area contributed by atoms with Crippen LogP contribution in [-0.4, -0.2) is 55.6 Å². The lowest BCUT2D eigenvalue weighted by atomic mass is 10.3. The molecule has 3 rings (SSSR count). The summed E-state index contributed by atoms with van der Waals surface area (Å²) in [7, 11) is 0. The van der Waals surface area contributed by atoms with Crippen LogP contribution < -0.4 is 5.32 Å². The summed E-state index contributed by atoms with van der Waals surface area (Å²) < 4.78 is 0.584. The predicted octanol–water partition coefficient (Wildman–Crippen LogP) is 1.63. The summed E-state index contributed by atoms with van der Waals surface area (Å²) in [6.07, 6.45) is 0. The minimum Gasteiger partial charge on any atom is -0.354 e. The monoisotopic (exact) mass is 366 g/mol. The van der Waals surface area contributed by atoms with Crippen LogP contribution in [-0.2, 0) is 9.59 Å². The number of H-pyrrole nitrogens is 1. The molecule has 0 atom stereocenters. The number of hydrogen-bond donors (Lipinski definition) is 2. The zero-order valence-corrected chi connectivity index (χ0v) is 14.5. The molecule has 2 heterocycles. The number of para-hydroxylation sites is 2. The van der Waals surface area contributed by atoms with Crippen LogP contribution in [0.1, 0.15) is 0 Å². The van der Waals surface area contributed by atoms with E-state index in [1.807, 2.05) is 24.3 Å². The molecule has 1 aliphatic rings. The molecular formula is C14H14N4O2S3. The van der Waals surface area contributed by atoms with Gasteiger partial charge in [-0.3, -0.25) is 14.5 Å². The van der Waals surface area contributed by atoms with Gasteiger partial charge in [0.05, 0.1) is 22.5 Å². The predicted molar refractivity (Wildman–Crippen MR) is 96.6 cm³/mol. The molecule has 0 unspecified atom stereocenters. The van der Waals surface area contributed by atoms with E-state index >= 15 is 0 Å². The molecule has 23 heavy (non-hydrogen) atoms. The van der Waals surface area contributed by atoms with Crippen molar-refractivity contribution in [3.8, 4) is 0 Å². The van der Waals surface area contributed by atoms with Crippen LogP contribution in [0, 0.1) is 0 Å². The SMILES string of the molecule is O=C(CSc1nc2ccccc2[nH]1)NCCN1C(=O)CSC1=S. The van der Waals surface area contributed by atoms with E-state index in [4.69, 9.17) is 12.2 Å². The topological polar surface area (TPSA) is 78.1 Å². The first-order valence-corrected chi connectivity index (χ1v) is 9.33. The second kappa shape index (κ2) is 7.33. The molecule has 0 saturated carbocycles. The van der Waals surface area contributed by atoms with Crippen molar-refractivity contribution in [3.05, 3.63) is 24.3 Å². The number of thiocarbonyl (C=S) groups is 1. The van der Waals surface area contributed by atoms with E-state index in [0.29, 0.717) is 28.3 Å². The quantitative estimate of drug-likeness (QED) is 0.598. The number of aromatic nitrogens is 2. The summed E-state index contributed by atoms with van der Waals surface area (Å²) in [5.74, 6) is 0.577. The Bertz CT molecular complexity index is 712. The molecule has 0 aliphatic carbocycles. The fraction of sp³-hybridized carbons (Fsp3) is 0.286. The fourth-order valence-corrected chi connectivity index (χ4v) is 3.92. The highest BCUT2D eigenvalue weighted by atomic mass is 32.2. The molecular weight excluding hydrogens is 352 g/mol. The zero-order chi connectivity index (χ0) is 16.2. The molecule has 1 aliphatic heterocycles. The van der Waals surface area contributed by atoms with Gasteiger partial charge in [0.15, 0.2) is 5.16 Å². The lowest BCUT2D eigenvalue weighted by Gasteiger charge is -2.14. The standard InChI is InChI=1S/C14H14N4O2S3/c19-11(15-5-6-18-12(20)8-23-14(18)21)7-22-13-16-9-3-1-2-4-10(9)17-13/h1-4H,5-8H2,(H,15,19)(H,16,17). The third-order valence-electron chi connectivity index (χ3n) is 3.21. The first kappa shape index (κ1) is 16.3. The summed E-state index contributed by atoms with van der Waals surface area (Å²) in [5.41, 5.74) is 1.84. The third-order valence-corrected chi connectivity index (χ3v) is 5.51. The summed E-state index contributed by atoms with van der Waals surface area (Å²) in [5, 5.41) is 3.51. The number of thioether (sulfide) groups is 2. The fourth-order valence-electron chi connectivity index (χ4n) is 2.09. The molecule has 0 radical (unpaired) electrons. The summed E-state index contributed by atoms with van der Waals surface area (Å²) >= 11 is 7.79. The lowest BCUT2D eigenvalue weighted by molar-refractivity contribution is -0.124. The van der Waals surface area contributed by atoms with Crippen LogP contribution in [0.25, 0.3) is 11.0 Å². The van der Waals surface area contributed by atoms with Gasteiger partial charge in [0.2, 0.25) is 11.8 Å². The number of amides is 2. The van der Waals surface area contributed by atoms with E-state index in [1.54, 1.807) is 0 Å². The van der Waals surface area contributed by atoms with Gasteiger partial charge in [0.1, 0.15) is 4.32 Å². The molecule has 2 N–H and O–H groups in total. The molecule has 120 valence electrons. The number of imidazole rings is 1. The molecule has 0 spiro atoms. The average Bonchev–Trinajstić information content (AvgIpc) is 3.10.